The second-order valence-electron chi connectivity index (χ2n) is 4.63. The van der Waals surface area contributed by atoms with Gasteiger partial charge in [0, 0.05) is 19.1 Å². The van der Waals surface area contributed by atoms with Gasteiger partial charge in [-0.25, -0.2) is 0 Å². The molecule has 106 valence electrons. The second kappa shape index (κ2) is 7.73. The van der Waals surface area contributed by atoms with Gasteiger partial charge in [0.15, 0.2) is 0 Å². The van der Waals surface area contributed by atoms with Crippen molar-refractivity contribution in [3.8, 4) is 0 Å². The molecule has 19 heavy (non-hydrogen) atoms. The SMILES string of the molecule is CCCN(C(=O)c1ccccc1Cl)C1CCNC1.Cl. The largest absolute Gasteiger partial charge is 0.334 e. The predicted molar refractivity (Wildman–Crippen MR) is 81.3 cm³/mol. The van der Waals surface area contributed by atoms with Crippen molar-refractivity contribution in [2.45, 2.75) is 25.8 Å². The van der Waals surface area contributed by atoms with Crippen LogP contribution >= 0.6 is 24.0 Å². The topological polar surface area (TPSA) is 32.3 Å². The Bertz CT molecular complexity index is 420. The molecular weight excluding hydrogens is 283 g/mol. The third kappa shape index (κ3) is 3.85. The third-order valence-electron chi connectivity index (χ3n) is 3.30. The van der Waals surface area contributed by atoms with Gasteiger partial charge in [-0.15, -0.1) is 12.4 Å². The van der Waals surface area contributed by atoms with E-state index in [-0.39, 0.29) is 18.3 Å². The van der Waals surface area contributed by atoms with Crippen molar-refractivity contribution in [1.82, 2.24) is 10.2 Å². The average Bonchev–Trinajstić information content (AvgIpc) is 2.89. The highest BCUT2D eigenvalue weighted by Crippen LogP contribution is 2.20. The molecule has 1 aromatic carbocycles. The van der Waals surface area contributed by atoms with E-state index in [9.17, 15) is 4.79 Å². The molecule has 0 aromatic heterocycles. The van der Waals surface area contributed by atoms with Crippen LogP contribution in [0, 0.1) is 0 Å². The zero-order valence-corrected chi connectivity index (χ0v) is 12.6. The van der Waals surface area contributed by atoms with Crippen LogP contribution < -0.4 is 5.32 Å². The number of carbonyl (C=O) groups excluding carboxylic acids is 1. The maximum absolute atomic E-state index is 12.6. The summed E-state index contributed by atoms with van der Waals surface area (Å²) in [6.45, 7) is 4.75. The number of halogens is 2. The summed E-state index contributed by atoms with van der Waals surface area (Å²) in [5.41, 5.74) is 0.611. The van der Waals surface area contributed by atoms with Crippen LogP contribution in [-0.2, 0) is 0 Å². The van der Waals surface area contributed by atoms with Crippen LogP contribution in [-0.4, -0.2) is 36.5 Å². The fourth-order valence-corrected chi connectivity index (χ4v) is 2.60. The van der Waals surface area contributed by atoms with Crippen molar-refractivity contribution in [2.75, 3.05) is 19.6 Å². The molecule has 0 aliphatic carbocycles. The van der Waals surface area contributed by atoms with Crippen molar-refractivity contribution in [1.29, 1.82) is 0 Å². The summed E-state index contributed by atoms with van der Waals surface area (Å²) in [6.07, 6.45) is 1.99. The van der Waals surface area contributed by atoms with Gasteiger partial charge in [-0.05, 0) is 31.5 Å². The highest BCUT2D eigenvalue weighted by molar-refractivity contribution is 6.33. The Hall–Kier alpha value is -0.770. The van der Waals surface area contributed by atoms with E-state index >= 15 is 0 Å². The molecule has 1 atom stereocenters. The number of carbonyl (C=O) groups is 1. The van der Waals surface area contributed by atoms with Crippen molar-refractivity contribution in [2.24, 2.45) is 0 Å². The highest BCUT2D eigenvalue weighted by atomic mass is 35.5. The molecule has 1 fully saturated rings. The summed E-state index contributed by atoms with van der Waals surface area (Å²) in [5, 5.41) is 3.84. The van der Waals surface area contributed by atoms with Gasteiger partial charge in [-0.1, -0.05) is 30.7 Å². The summed E-state index contributed by atoms with van der Waals surface area (Å²) in [4.78, 5) is 14.5. The van der Waals surface area contributed by atoms with Crippen molar-refractivity contribution in [3.63, 3.8) is 0 Å². The number of nitrogens with one attached hydrogen (secondary N) is 1. The molecule has 3 nitrogen and oxygen atoms in total. The predicted octanol–water partition coefficient (Wildman–Crippen LogP) is 2.98. The normalized spacial score (nSPS) is 17.9. The van der Waals surface area contributed by atoms with Crippen LogP contribution in [0.1, 0.15) is 30.1 Å². The molecule has 1 heterocycles. The van der Waals surface area contributed by atoms with Crippen LogP contribution in [0.4, 0.5) is 0 Å². The monoisotopic (exact) mass is 302 g/mol. The zero-order valence-electron chi connectivity index (χ0n) is 11.1. The molecule has 0 bridgehead atoms. The van der Waals surface area contributed by atoms with E-state index in [0.717, 1.165) is 32.5 Å². The minimum atomic E-state index is 0. The Kier molecular flexibility index (Phi) is 6.63. The first-order chi connectivity index (χ1) is 8.74. The van der Waals surface area contributed by atoms with Crippen molar-refractivity contribution < 1.29 is 4.79 Å². The first-order valence-electron chi connectivity index (χ1n) is 6.50. The lowest BCUT2D eigenvalue weighted by atomic mass is 10.1. The van der Waals surface area contributed by atoms with Crippen LogP contribution in [0.25, 0.3) is 0 Å². The average molecular weight is 303 g/mol. The first-order valence-corrected chi connectivity index (χ1v) is 6.88. The second-order valence-corrected chi connectivity index (χ2v) is 5.03. The lowest BCUT2D eigenvalue weighted by Crippen LogP contribution is -2.42. The van der Waals surface area contributed by atoms with Gasteiger partial charge in [0.2, 0.25) is 0 Å². The molecule has 1 aliphatic rings. The van der Waals surface area contributed by atoms with Crippen LogP contribution in [0.2, 0.25) is 5.02 Å². The van der Waals surface area contributed by atoms with Crippen molar-refractivity contribution in [3.05, 3.63) is 34.9 Å². The fraction of sp³-hybridized carbons (Fsp3) is 0.500. The van der Waals surface area contributed by atoms with E-state index in [0.29, 0.717) is 16.6 Å². The number of hydrogen-bond acceptors (Lipinski definition) is 2. The smallest absolute Gasteiger partial charge is 0.255 e. The number of amides is 1. The van der Waals surface area contributed by atoms with Crippen LogP contribution in [0.15, 0.2) is 24.3 Å². The third-order valence-corrected chi connectivity index (χ3v) is 3.63. The lowest BCUT2D eigenvalue weighted by Gasteiger charge is -2.28. The molecule has 1 amide bonds. The summed E-state index contributed by atoms with van der Waals surface area (Å²) in [5.74, 6) is 0.0520. The van der Waals surface area contributed by atoms with Gasteiger partial charge in [-0.2, -0.15) is 0 Å². The minimum Gasteiger partial charge on any atom is -0.334 e. The maximum atomic E-state index is 12.6. The summed E-state index contributed by atoms with van der Waals surface area (Å²) < 4.78 is 0. The van der Waals surface area contributed by atoms with Crippen LogP contribution in [0.5, 0.6) is 0 Å². The molecule has 2 rings (SSSR count). The fourth-order valence-electron chi connectivity index (χ4n) is 2.39. The quantitative estimate of drug-likeness (QED) is 0.927. The molecule has 0 radical (unpaired) electrons. The maximum Gasteiger partial charge on any atom is 0.255 e. The lowest BCUT2D eigenvalue weighted by molar-refractivity contribution is 0.0692. The van der Waals surface area contributed by atoms with E-state index in [2.05, 4.69) is 12.2 Å². The number of nitrogens with zero attached hydrogens (tertiary/aromatic N) is 1. The van der Waals surface area contributed by atoms with Gasteiger partial charge in [-0.3, -0.25) is 4.79 Å². The summed E-state index contributed by atoms with van der Waals surface area (Å²) >= 11 is 6.11. The molecule has 0 spiro atoms. The Morgan fingerprint density at radius 1 is 1.47 bits per heavy atom. The Labute approximate surface area is 125 Å². The molecule has 5 heteroatoms. The van der Waals surface area contributed by atoms with Gasteiger partial charge < -0.3 is 10.2 Å². The number of benzene rings is 1. The number of rotatable bonds is 4. The van der Waals surface area contributed by atoms with E-state index in [4.69, 9.17) is 11.6 Å². The van der Waals surface area contributed by atoms with E-state index < -0.39 is 0 Å². The van der Waals surface area contributed by atoms with Gasteiger partial charge in [0.05, 0.1) is 10.6 Å². The Morgan fingerprint density at radius 3 is 2.79 bits per heavy atom. The first kappa shape index (κ1) is 16.3. The molecular formula is C14H20Cl2N2O. The van der Waals surface area contributed by atoms with E-state index in [1.165, 1.54) is 0 Å². The Balaban J connectivity index is 0.00000180. The van der Waals surface area contributed by atoms with Gasteiger partial charge in [0.25, 0.3) is 5.91 Å². The molecule has 0 saturated carbocycles. The zero-order chi connectivity index (χ0) is 13.0. The molecule has 1 aromatic rings. The Morgan fingerprint density at radius 2 is 2.21 bits per heavy atom. The van der Waals surface area contributed by atoms with E-state index in [1.807, 2.05) is 17.0 Å². The van der Waals surface area contributed by atoms with Gasteiger partial charge in [0.1, 0.15) is 0 Å². The standard InChI is InChI=1S/C14H19ClN2O.ClH/c1-2-9-17(11-7-8-16-10-11)14(18)12-5-3-4-6-13(12)15;/h3-6,11,16H,2,7-10H2,1H3;1H. The minimum absolute atomic E-state index is 0. The molecule has 1 N–H and O–H groups in total. The number of hydrogen-bond donors (Lipinski definition) is 1. The highest BCUT2D eigenvalue weighted by Gasteiger charge is 2.27. The van der Waals surface area contributed by atoms with Crippen LogP contribution in [0.3, 0.4) is 0 Å². The van der Waals surface area contributed by atoms with E-state index in [1.54, 1.807) is 12.1 Å². The summed E-state index contributed by atoms with van der Waals surface area (Å²) in [6, 6.07) is 7.58. The van der Waals surface area contributed by atoms with Gasteiger partial charge >= 0.3 is 0 Å². The molecule has 1 saturated heterocycles. The molecule has 1 unspecified atom stereocenters. The molecule has 1 aliphatic heterocycles. The van der Waals surface area contributed by atoms with Crippen molar-refractivity contribution >= 4 is 29.9 Å². The summed E-state index contributed by atoms with van der Waals surface area (Å²) in [7, 11) is 0.